The first kappa shape index (κ1) is 40.6. The Balaban J connectivity index is 1.12. The molecule has 0 bridgehead atoms. The summed E-state index contributed by atoms with van der Waals surface area (Å²) < 4.78 is 0. The Hall–Kier alpha value is -7.49. The van der Waals surface area contributed by atoms with E-state index in [-0.39, 0.29) is 17.4 Å². The Bertz CT molecular complexity index is 2820. The topological polar surface area (TPSA) is 18.8 Å². The molecule has 0 amide bonds. The van der Waals surface area contributed by atoms with E-state index in [1.165, 1.54) is 61.7 Å². The third kappa shape index (κ3) is 8.14. The standard InChI is InChI=1S/C61H53N3/c1-45(46-21-8-3-9-22-46)62-55(51-27-14-6-15-28-51)42-44-61(2)43-19-18-31-58-60(61)59-56(32-20-33-57(59)64(58)52-29-16-7-17-30-52)63(53-38-34-49(35-39-53)47-23-10-4-11-24-47)54-40-36-50(37-41-54)48-25-12-5-13-26-48/h3-41,45,60H,42-44H2,1-2H3. The van der Waals surface area contributed by atoms with Crippen molar-refractivity contribution in [3.8, 4) is 22.3 Å². The molecular weight excluding hydrogens is 775 g/mol. The molecule has 3 heteroatoms. The van der Waals surface area contributed by atoms with Crippen molar-refractivity contribution in [1.29, 1.82) is 0 Å². The summed E-state index contributed by atoms with van der Waals surface area (Å²) in [5, 5.41) is 0. The van der Waals surface area contributed by atoms with E-state index in [0.717, 1.165) is 36.3 Å². The zero-order valence-electron chi connectivity index (χ0n) is 36.6. The Labute approximate surface area is 379 Å². The fourth-order valence-corrected chi connectivity index (χ4v) is 9.90. The van der Waals surface area contributed by atoms with Crippen molar-refractivity contribution in [3.63, 3.8) is 0 Å². The monoisotopic (exact) mass is 827 g/mol. The van der Waals surface area contributed by atoms with Gasteiger partial charge in [-0.3, -0.25) is 4.99 Å². The molecule has 0 N–H and O–H groups in total. The Morgan fingerprint density at radius 2 is 1.11 bits per heavy atom. The number of hydrogen-bond acceptors (Lipinski definition) is 3. The summed E-state index contributed by atoms with van der Waals surface area (Å²) in [6.07, 6.45) is 9.80. The number of allylic oxidation sites excluding steroid dienone is 4. The summed E-state index contributed by atoms with van der Waals surface area (Å²) in [7, 11) is 0. The maximum atomic E-state index is 5.50. The van der Waals surface area contributed by atoms with Gasteiger partial charge < -0.3 is 9.80 Å². The van der Waals surface area contributed by atoms with E-state index in [4.69, 9.17) is 4.99 Å². The van der Waals surface area contributed by atoms with Gasteiger partial charge in [0.2, 0.25) is 0 Å². The van der Waals surface area contributed by atoms with Gasteiger partial charge in [0.15, 0.2) is 0 Å². The van der Waals surface area contributed by atoms with E-state index >= 15 is 0 Å². The van der Waals surface area contributed by atoms with Gasteiger partial charge in [0.05, 0.1) is 17.4 Å². The van der Waals surface area contributed by atoms with Crippen LogP contribution in [-0.2, 0) is 0 Å². The number of fused-ring (bicyclic) bond motifs is 3. The molecule has 3 atom stereocenters. The summed E-state index contributed by atoms with van der Waals surface area (Å²) >= 11 is 0. The number of anilines is 5. The maximum Gasteiger partial charge on any atom is 0.0724 e. The average Bonchev–Trinajstić information content (AvgIpc) is 3.62. The number of hydrogen-bond donors (Lipinski definition) is 0. The van der Waals surface area contributed by atoms with Crippen molar-refractivity contribution in [2.75, 3.05) is 9.80 Å². The summed E-state index contributed by atoms with van der Waals surface area (Å²) in [4.78, 5) is 10.5. The second kappa shape index (κ2) is 18.1. The molecule has 1 aliphatic carbocycles. The third-order valence-corrected chi connectivity index (χ3v) is 13.2. The van der Waals surface area contributed by atoms with Gasteiger partial charge in [-0.25, -0.2) is 0 Å². The minimum absolute atomic E-state index is 0.0381. The van der Waals surface area contributed by atoms with E-state index in [9.17, 15) is 0 Å². The van der Waals surface area contributed by atoms with Crippen molar-refractivity contribution in [1.82, 2.24) is 0 Å². The molecule has 3 unspecified atom stereocenters. The lowest BCUT2D eigenvalue weighted by molar-refractivity contribution is 0.267. The van der Waals surface area contributed by atoms with Crippen LogP contribution in [0.25, 0.3) is 22.3 Å². The van der Waals surface area contributed by atoms with Crippen LogP contribution in [0.1, 0.15) is 61.8 Å². The molecule has 0 radical (unpaired) electrons. The van der Waals surface area contributed by atoms with Crippen LogP contribution in [0.15, 0.2) is 247 Å². The fraction of sp³-hybridized carbons (Fsp3) is 0.131. The van der Waals surface area contributed by atoms with E-state index in [2.05, 4.69) is 260 Å². The molecule has 0 aromatic heterocycles. The minimum Gasteiger partial charge on any atom is -0.313 e. The Morgan fingerprint density at radius 1 is 0.594 bits per heavy atom. The molecule has 1 aliphatic heterocycles. The summed E-state index contributed by atoms with van der Waals surface area (Å²) in [6.45, 7) is 4.74. The van der Waals surface area contributed by atoms with Crippen LogP contribution in [0.4, 0.5) is 28.4 Å². The van der Waals surface area contributed by atoms with E-state index in [1.807, 2.05) is 0 Å². The maximum absolute atomic E-state index is 5.50. The van der Waals surface area contributed by atoms with Crippen molar-refractivity contribution in [2.45, 2.75) is 45.1 Å². The van der Waals surface area contributed by atoms with E-state index in [1.54, 1.807) is 0 Å². The predicted octanol–water partition coefficient (Wildman–Crippen LogP) is 16.6. The molecular formula is C61H53N3. The Morgan fingerprint density at radius 3 is 1.69 bits per heavy atom. The fourth-order valence-electron chi connectivity index (χ4n) is 9.90. The smallest absolute Gasteiger partial charge is 0.0724 e. The lowest BCUT2D eigenvalue weighted by atomic mass is 9.67. The minimum atomic E-state index is -0.168. The van der Waals surface area contributed by atoms with Gasteiger partial charge in [-0.2, -0.15) is 0 Å². The zero-order chi connectivity index (χ0) is 43.3. The van der Waals surface area contributed by atoms with E-state index < -0.39 is 0 Å². The molecule has 0 saturated heterocycles. The first-order chi connectivity index (χ1) is 31.5. The normalized spacial score (nSPS) is 17.2. The van der Waals surface area contributed by atoms with Gasteiger partial charge in [-0.05, 0) is 120 Å². The van der Waals surface area contributed by atoms with Gasteiger partial charge in [-0.1, -0.05) is 189 Å². The molecule has 3 nitrogen and oxygen atoms in total. The molecule has 8 aromatic rings. The van der Waals surface area contributed by atoms with Crippen LogP contribution in [0, 0.1) is 5.41 Å². The molecule has 0 saturated carbocycles. The van der Waals surface area contributed by atoms with Crippen LogP contribution in [-0.4, -0.2) is 5.71 Å². The molecule has 0 fully saturated rings. The lowest BCUT2D eigenvalue weighted by Crippen LogP contribution is -2.28. The third-order valence-electron chi connectivity index (χ3n) is 13.2. The van der Waals surface area contributed by atoms with Crippen LogP contribution in [0.2, 0.25) is 0 Å². The largest absolute Gasteiger partial charge is 0.313 e. The predicted molar refractivity (Wildman–Crippen MR) is 270 cm³/mol. The SMILES string of the molecule is CC(N=C(CCC1(C)CC=CC=C2C1c1c(cccc1N(c1ccc(-c3ccccc3)cc1)c1ccc(-c3ccccc3)cc1)N2c1ccccc1)c1ccccc1)c1ccccc1. The van der Waals surface area contributed by atoms with Gasteiger partial charge >= 0.3 is 0 Å². The van der Waals surface area contributed by atoms with Crippen molar-refractivity contribution < 1.29 is 0 Å². The Kier molecular flexibility index (Phi) is 11.5. The number of aliphatic imine (C=N–C) groups is 1. The first-order valence-electron chi connectivity index (χ1n) is 22.7. The van der Waals surface area contributed by atoms with Gasteiger partial charge in [-0.15, -0.1) is 0 Å². The lowest BCUT2D eigenvalue weighted by Gasteiger charge is -2.38. The first-order valence-corrected chi connectivity index (χ1v) is 22.7. The van der Waals surface area contributed by atoms with Crippen LogP contribution in [0.5, 0.6) is 0 Å². The number of rotatable bonds is 12. The molecule has 8 aromatic carbocycles. The number of para-hydroxylation sites is 1. The highest BCUT2D eigenvalue weighted by Gasteiger charge is 2.47. The van der Waals surface area contributed by atoms with Crippen molar-refractivity contribution in [2.24, 2.45) is 10.4 Å². The molecule has 64 heavy (non-hydrogen) atoms. The van der Waals surface area contributed by atoms with Crippen molar-refractivity contribution >= 4 is 34.1 Å². The van der Waals surface area contributed by atoms with Gasteiger partial charge in [0, 0.05) is 40.0 Å². The molecule has 0 spiro atoms. The summed E-state index contributed by atoms with van der Waals surface area (Å²) in [5.41, 5.74) is 16.7. The molecule has 10 rings (SSSR count). The van der Waals surface area contributed by atoms with Gasteiger partial charge in [0.25, 0.3) is 0 Å². The quantitative estimate of drug-likeness (QED) is 0.114. The average molecular weight is 828 g/mol. The zero-order valence-corrected chi connectivity index (χ0v) is 36.6. The van der Waals surface area contributed by atoms with Crippen LogP contribution >= 0.6 is 0 Å². The number of nitrogens with zero attached hydrogens (tertiary/aromatic N) is 3. The highest BCUT2D eigenvalue weighted by molar-refractivity contribution is 6.01. The summed E-state index contributed by atoms with van der Waals surface area (Å²) in [5.74, 6) is 0.0761. The second-order valence-electron chi connectivity index (χ2n) is 17.4. The van der Waals surface area contributed by atoms with Crippen molar-refractivity contribution in [3.05, 3.63) is 259 Å². The van der Waals surface area contributed by atoms with Crippen LogP contribution < -0.4 is 9.80 Å². The molecule has 1 heterocycles. The molecule has 312 valence electrons. The number of benzene rings is 8. The van der Waals surface area contributed by atoms with E-state index in [0.29, 0.717) is 0 Å². The van der Waals surface area contributed by atoms with Crippen LogP contribution in [0.3, 0.4) is 0 Å². The second-order valence-corrected chi connectivity index (χ2v) is 17.4. The summed E-state index contributed by atoms with van der Waals surface area (Å²) in [6, 6.07) is 78.9. The van der Waals surface area contributed by atoms with Gasteiger partial charge in [0.1, 0.15) is 0 Å². The highest BCUT2D eigenvalue weighted by atomic mass is 15.2. The molecule has 2 aliphatic rings. The highest BCUT2D eigenvalue weighted by Crippen LogP contribution is 2.61.